The standard InChI is InChI=1S/C13H21N3OS3/c1-4-18-12-14-15-13(20-12)19-8-11(17)16-9(2)6-5-7-10(16)3/h9-10H,4-8H2,1-3H3. The van der Waals surface area contributed by atoms with E-state index in [-0.39, 0.29) is 5.91 Å². The van der Waals surface area contributed by atoms with Gasteiger partial charge in [0, 0.05) is 12.1 Å². The van der Waals surface area contributed by atoms with Gasteiger partial charge in [-0.25, -0.2) is 0 Å². The molecule has 2 atom stereocenters. The highest BCUT2D eigenvalue weighted by atomic mass is 32.2. The molecule has 2 rings (SSSR count). The zero-order chi connectivity index (χ0) is 14.5. The number of rotatable bonds is 5. The van der Waals surface area contributed by atoms with Crippen LogP contribution in [0.1, 0.15) is 40.0 Å². The number of likely N-dealkylation sites (tertiary alicyclic amines) is 1. The summed E-state index contributed by atoms with van der Waals surface area (Å²) in [7, 11) is 0. The van der Waals surface area contributed by atoms with Crippen molar-refractivity contribution in [3.05, 3.63) is 0 Å². The number of hydrogen-bond acceptors (Lipinski definition) is 6. The van der Waals surface area contributed by atoms with E-state index in [0.717, 1.165) is 27.3 Å². The van der Waals surface area contributed by atoms with Gasteiger partial charge in [-0.15, -0.1) is 10.2 Å². The lowest BCUT2D eigenvalue weighted by Crippen LogP contribution is -2.48. The highest BCUT2D eigenvalue weighted by molar-refractivity contribution is 8.03. The SMILES string of the molecule is CCSc1nnc(SCC(=O)N2C(C)CCCC2C)s1. The van der Waals surface area contributed by atoms with Gasteiger partial charge in [0.1, 0.15) is 0 Å². The molecule has 0 radical (unpaired) electrons. The first-order valence-corrected chi connectivity index (χ1v) is 9.80. The largest absolute Gasteiger partial charge is 0.337 e. The molecule has 1 aromatic rings. The molecule has 1 saturated heterocycles. The summed E-state index contributed by atoms with van der Waals surface area (Å²) < 4.78 is 1.88. The van der Waals surface area contributed by atoms with Crippen molar-refractivity contribution in [2.24, 2.45) is 0 Å². The van der Waals surface area contributed by atoms with Crippen molar-refractivity contribution in [3.63, 3.8) is 0 Å². The molecule has 1 aliphatic heterocycles. The fourth-order valence-corrected chi connectivity index (χ4v) is 5.33. The Bertz CT molecular complexity index is 442. The molecule has 0 aliphatic carbocycles. The lowest BCUT2D eigenvalue weighted by molar-refractivity contribution is -0.134. The molecule has 2 unspecified atom stereocenters. The third-order valence-corrected chi connectivity index (χ3v) is 6.51. The molecular formula is C13H21N3OS3. The average Bonchev–Trinajstić information content (AvgIpc) is 2.84. The van der Waals surface area contributed by atoms with Gasteiger partial charge >= 0.3 is 0 Å². The van der Waals surface area contributed by atoms with Crippen LogP contribution in [0, 0.1) is 0 Å². The Labute approximate surface area is 133 Å². The van der Waals surface area contributed by atoms with Crippen LogP contribution in [0.25, 0.3) is 0 Å². The van der Waals surface area contributed by atoms with Gasteiger partial charge in [0.2, 0.25) is 5.91 Å². The smallest absolute Gasteiger partial charge is 0.233 e. The Morgan fingerprint density at radius 1 is 1.25 bits per heavy atom. The summed E-state index contributed by atoms with van der Waals surface area (Å²) in [6.07, 6.45) is 3.47. The Morgan fingerprint density at radius 2 is 1.85 bits per heavy atom. The predicted octanol–water partition coefficient (Wildman–Crippen LogP) is 3.53. The van der Waals surface area contributed by atoms with Gasteiger partial charge in [-0.2, -0.15) is 0 Å². The van der Waals surface area contributed by atoms with E-state index in [1.165, 1.54) is 18.2 Å². The maximum Gasteiger partial charge on any atom is 0.233 e. The third-order valence-electron chi connectivity index (χ3n) is 3.46. The monoisotopic (exact) mass is 331 g/mol. The van der Waals surface area contributed by atoms with Crippen LogP contribution in [0.15, 0.2) is 8.68 Å². The van der Waals surface area contributed by atoms with E-state index < -0.39 is 0 Å². The van der Waals surface area contributed by atoms with Gasteiger partial charge < -0.3 is 4.90 Å². The molecule has 1 aromatic heterocycles. The summed E-state index contributed by atoms with van der Waals surface area (Å²) in [5.74, 6) is 1.70. The van der Waals surface area contributed by atoms with Crippen LogP contribution in [0.4, 0.5) is 0 Å². The van der Waals surface area contributed by atoms with Crippen LogP contribution < -0.4 is 0 Å². The zero-order valence-electron chi connectivity index (χ0n) is 12.2. The first-order chi connectivity index (χ1) is 9.61. The number of carbonyl (C=O) groups excluding carboxylic acids is 1. The number of carbonyl (C=O) groups is 1. The van der Waals surface area contributed by atoms with E-state index >= 15 is 0 Å². The molecule has 0 saturated carbocycles. The normalized spacial score (nSPS) is 23.1. The summed E-state index contributed by atoms with van der Waals surface area (Å²) in [5, 5.41) is 8.24. The van der Waals surface area contributed by atoms with Crippen LogP contribution in [-0.2, 0) is 4.79 Å². The Kier molecular flexibility index (Phi) is 6.17. The topological polar surface area (TPSA) is 46.1 Å². The molecule has 0 spiro atoms. The fraction of sp³-hybridized carbons (Fsp3) is 0.769. The van der Waals surface area contributed by atoms with Crippen molar-refractivity contribution < 1.29 is 4.79 Å². The first kappa shape index (κ1) is 16.1. The van der Waals surface area contributed by atoms with Crippen molar-refractivity contribution in [2.45, 2.75) is 60.8 Å². The second-order valence-electron chi connectivity index (χ2n) is 4.99. The van der Waals surface area contributed by atoms with Crippen LogP contribution in [0.5, 0.6) is 0 Å². The minimum Gasteiger partial charge on any atom is -0.337 e. The second-order valence-corrected chi connectivity index (χ2v) is 8.70. The third kappa shape index (κ3) is 4.11. The van der Waals surface area contributed by atoms with Crippen LogP contribution in [0.2, 0.25) is 0 Å². The predicted molar refractivity (Wildman–Crippen MR) is 86.7 cm³/mol. The number of piperidine rings is 1. The minimum absolute atomic E-state index is 0.231. The average molecular weight is 332 g/mol. The molecule has 1 fully saturated rings. The number of amides is 1. The molecule has 20 heavy (non-hydrogen) atoms. The quantitative estimate of drug-likeness (QED) is 0.772. The van der Waals surface area contributed by atoms with Gasteiger partial charge in [-0.3, -0.25) is 4.79 Å². The molecule has 0 N–H and O–H groups in total. The molecule has 2 heterocycles. The molecule has 4 nitrogen and oxygen atoms in total. The summed E-state index contributed by atoms with van der Waals surface area (Å²) in [4.78, 5) is 14.4. The Hall–Kier alpha value is -0.270. The van der Waals surface area contributed by atoms with E-state index in [1.807, 2.05) is 0 Å². The van der Waals surface area contributed by atoms with Gasteiger partial charge in [-0.05, 0) is 38.9 Å². The van der Waals surface area contributed by atoms with Gasteiger partial charge in [-0.1, -0.05) is 41.8 Å². The maximum absolute atomic E-state index is 12.4. The molecule has 0 aromatic carbocycles. The van der Waals surface area contributed by atoms with E-state index in [9.17, 15) is 4.79 Å². The molecule has 1 aliphatic rings. The van der Waals surface area contributed by atoms with E-state index in [0.29, 0.717) is 17.8 Å². The lowest BCUT2D eigenvalue weighted by Gasteiger charge is -2.39. The minimum atomic E-state index is 0.231. The van der Waals surface area contributed by atoms with Crippen molar-refractivity contribution in [1.82, 2.24) is 15.1 Å². The highest BCUT2D eigenvalue weighted by Gasteiger charge is 2.28. The first-order valence-electron chi connectivity index (χ1n) is 7.02. The second kappa shape index (κ2) is 7.66. The van der Waals surface area contributed by atoms with Crippen LogP contribution >= 0.6 is 34.9 Å². The highest BCUT2D eigenvalue weighted by Crippen LogP contribution is 2.30. The molecule has 1 amide bonds. The molecule has 0 bridgehead atoms. The van der Waals surface area contributed by atoms with E-state index in [1.54, 1.807) is 23.1 Å². The van der Waals surface area contributed by atoms with Gasteiger partial charge in [0.25, 0.3) is 0 Å². The number of thioether (sulfide) groups is 2. The van der Waals surface area contributed by atoms with E-state index in [4.69, 9.17) is 0 Å². The summed E-state index contributed by atoms with van der Waals surface area (Å²) in [5.41, 5.74) is 0. The van der Waals surface area contributed by atoms with Crippen molar-refractivity contribution in [3.8, 4) is 0 Å². The number of hydrogen-bond donors (Lipinski definition) is 0. The summed E-state index contributed by atoms with van der Waals surface area (Å²) in [6, 6.07) is 0.736. The maximum atomic E-state index is 12.4. The van der Waals surface area contributed by atoms with Crippen LogP contribution in [-0.4, -0.2) is 44.6 Å². The van der Waals surface area contributed by atoms with Gasteiger partial charge in [0.05, 0.1) is 5.75 Å². The van der Waals surface area contributed by atoms with Crippen molar-refractivity contribution >= 4 is 40.8 Å². The van der Waals surface area contributed by atoms with Crippen LogP contribution in [0.3, 0.4) is 0 Å². The zero-order valence-corrected chi connectivity index (χ0v) is 14.6. The molecular weight excluding hydrogens is 310 g/mol. The Morgan fingerprint density at radius 3 is 2.45 bits per heavy atom. The van der Waals surface area contributed by atoms with E-state index in [2.05, 4.69) is 35.9 Å². The molecule has 112 valence electrons. The van der Waals surface area contributed by atoms with Crippen molar-refractivity contribution in [2.75, 3.05) is 11.5 Å². The lowest BCUT2D eigenvalue weighted by atomic mass is 9.98. The van der Waals surface area contributed by atoms with Gasteiger partial charge in [0.15, 0.2) is 8.68 Å². The van der Waals surface area contributed by atoms with Crippen molar-refractivity contribution in [1.29, 1.82) is 0 Å². The number of aromatic nitrogens is 2. The summed E-state index contributed by atoms with van der Waals surface area (Å²) >= 11 is 4.79. The Balaban J connectivity index is 1.87. The summed E-state index contributed by atoms with van der Waals surface area (Å²) in [6.45, 7) is 6.40. The fourth-order valence-electron chi connectivity index (χ4n) is 2.55. The number of nitrogens with zero attached hydrogens (tertiary/aromatic N) is 3. The molecule has 7 heteroatoms.